The highest BCUT2D eigenvalue weighted by Crippen LogP contribution is 2.31. The average Bonchev–Trinajstić information content (AvgIpc) is 2.86. The van der Waals surface area contributed by atoms with Crippen LogP contribution in [-0.4, -0.2) is 11.0 Å². The summed E-state index contributed by atoms with van der Waals surface area (Å²) in [5.41, 5.74) is 1.39. The van der Waals surface area contributed by atoms with Crippen LogP contribution >= 0.6 is 11.3 Å². The molecule has 1 N–H and O–H groups in total. The normalized spacial score (nSPS) is 28.8. The first-order chi connectivity index (χ1) is 8.38. The first-order valence-electron chi connectivity index (χ1n) is 7.06. The molecule has 1 aromatic rings. The number of aromatic nitrogens is 1. The molecular weight excluding hydrogens is 240 g/mol. The van der Waals surface area contributed by atoms with Crippen molar-refractivity contribution in [3.63, 3.8) is 0 Å². The van der Waals surface area contributed by atoms with E-state index in [2.05, 4.69) is 45.3 Å². The number of nitrogens with one attached hydrogen (secondary N) is 1. The van der Waals surface area contributed by atoms with Gasteiger partial charge in [0, 0.05) is 23.4 Å². The standard InChI is InChI=1S/C15H26N2S/c1-10-6-7-12(11(10)2)16-8-14-17-13(9-18-14)15(3,4)5/h9-12,16H,6-8H2,1-5H3. The van der Waals surface area contributed by atoms with Crippen molar-refractivity contribution in [1.82, 2.24) is 10.3 Å². The Balaban J connectivity index is 1.89. The highest BCUT2D eigenvalue weighted by atomic mass is 32.1. The van der Waals surface area contributed by atoms with Crippen LogP contribution < -0.4 is 5.32 Å². The molecule has 1 aliphatic rings. The van der Waals surface area contributed by atoms with Gasteiger partial charge >= 0.3 is 0 Å². The zero-order chi connectivity index (χ0) is 13.3. The van der Waals surface area contributed by atoms with Crippen LogP contribution in [0.2, 0.25) is 0 Å². The van der Waals surface area contributed by atoms with E-state index in [1.165, 1.54) is 23.5 Å². The van der Waals surface area contributed by atoms with Gasteiger partial charge in [-0.1, -0.05) is 34.6 Å². The van der Waals surface area contributed by atoms with E-state index in [1.807, 2.05) is 0 Å². The molecule has 1 heterocycles. The number of rotatable bonds is 3. The van der Waals surface area contributed by atoms with E-state index in [9.17, 15) is 0 Å². The minimum atomic E-state index is 0.171. The molecule has 3 unspecified atom stereocenters. The van der Waals surface area contributed by atoms with Crippen molar-refractivity contribution in [1.29, 1.82) is 0 Å². The van der Waals surface area contributed by atoms with Crippen LogP contribution in [0.4, 0.5) is 0 Å². The smallest absolute Gasteiger partial charge is 0.107 e. The number of hydrogen-bond acceptors (Lipinski definition) is 3. The lowest BCUT2D eigenvalue weighted by atomic mass is 9.93. The topological polar surface area (TPSA) is 24.9 Å². The molecule has 0 amide bonds. The number of nitrogens with zero attached hydrogens (tertiary/aromatic N) is 1. The van der Waals surface area contributed by atoms with Crippen molar-refractivity contribution in [3.8, 4) is 0 Å². The van der Waals surface area contributed by atoms with E-state index in [4.69, 9.17) is 4.98 Å². The number of thiazole rings is 1. The molecule has 1 aromatic heterocycles. The fourth-order valence-corrected chi connectivity index (χ4v) is 3.58. The highest BCUT2D eigenvalue weighted by molar-refractivity contribution is 7.09. The molecule has 0 bridgehead atoms. The zero-order valence-corrected chi connectivity index (χ0v) is 13.1. The fourth-order valence-electron chi connectivity index (χ4n) is 2.61. The van der Waals surface area contributed by atoms with Crippen molar-refractivity contribution in [2.75, 3.05) is 0 Å². The zero-order valence-electron chi connectivity index (χ0n) is 12.3. The largest absolute Gasteiger partial charge is 0.307 e. The van der Waals surface area contributed by atoms with Gasteiger partial charge in [-0.25, -0.2) is 4.98 Å². The van der Waals surface area contributed by atoms with Crippen molar-refractivity contribution < 1.29 is 0 Å². The van der Waals surface area contributed by atoms with E-state index in [1.54, 1.807) is 11.3 Å². The lowest BCUT2D eigenvalue weighted by Gasteiger charge is -2.19. The van der Waals surface area contributed by atoms with Gasteiger partial charge in [-0.2, -0.15) is 0 Å². The molecule has 2 nitrogen and oxygen atoms in total. The predicted molar refractivity (Wildman–Crippen MR) is 79.0 cm³/mol. The van der Waals surface area contributed by atoms with Crippen LogP contribution in [0.1, 0.15) is 58.2 Å². The van der Waals surface area contributed by atoms with Gasteiger partial charge in [0.25, 0.3) is 0 Å². The second-order valence-electron chi connectivity index (χ2n) is 6.78. The van der Waals surface area contributed by atoms with Crippen molar-refractivity contribution in [3.05, 3.63) is 16.1 Å². The summed E-state index contributed by atoms with van der Waals surface area (Å²) in [6, 6.07) is 0.682. The maximum absolute atomic E-state index is 4.74. The third kappa shape index (κ3) is 3.12. The first-order valence-corrected chi connectivity index (χ1v) is 7.94. The Morgan fingerprint density at radius 1 is 1.33 bits per heavy atom. The van der Waals surface area contributed by atoms with Gasteiger partial charge < -0.3 is 5.32 Å². The molecule has 1 fully saturated rings. The fraction of sp³-hybridized carbons (Fsp3) is 0.800. The van der Waals surface area contributed by atoms with E-state index in [-0.39, 0.29) is 5.41 Å². The lowest BCUT2D eigenvalue weighted by Crippen LogP contribution is -2.31. The maximum atomic E-state index is 4.74. The second-order valence-corrected chi connectivity index (χ2v) is 7.72. The third-order valence-corrected chi connectivity index (χ3v) is 5.15. The summed E-state index contributed by atoms with van der Waals surface area (Å²) in [4.78, 5) is 4.74. The van der Waals surface area contributed by atoms with Crippen LogP contribution in [0.5, 0.6) is 0 Å². The predicted octanol–water partition coefficient (Wildman–Crippen LogP) is 3.96. The van der Waals surface area contributed by atoms with E-state index in [0.29, 0.717) is 6.04 Å². The van der Waals surface area contributed by atoms with Gasteiger partial charge in [0.05, 0.1) is 5.69 Å². The molecule has 0 aliphatic heterocycles. The summed E-state index contributed by atoms with van der Waals surface area (Å²) in [5.74, 6) is 1.66. The van der Waals surface area contributed by atoms with Crippen molar-refractivity contribution in [2.45, 2.75) is 65.5 Å². The van der Waals surface area contributed by atoms with Gasteiger partial charge in [-0.3, -0.25) is 0 Å². The monoisotopic (exact) mass is 266 g/mol. The molecule has 3 atom stereocenters. The maximum Gasteiger partial charge on any atom is 0.107 e. The van der Waals surface area contributed by atoms with Gasteiger partial charge in [-0.15, -0.1) is 11.3 Å². The van der Waals surface area contributed by atoms with Crippen LogP contribution in [0.3, 0.4) is 0 Å². The summed E-state index contributed by atoms with van der Waals surface area (Å²) < 4.78 is 0. The Hall–Kier alpha value is -0.410. The minimum Gasteiger partial charge on any atom is -0.307 e. The van der Waals surface area contributed by atoms with Crippen LogP contribution in [-0.2, 0) is 12.0 Å². The molecule has 0 radical (unpaired) electrons. The van der Waals surface area contributed by atoms with Crippen molar-refractivity contribution in [2.24, 2.45) is 11.8 Å². The SMILES string of the molecule is CC1CCC(NCc2nc(C(C)(C)C)cs2)C1C. The molecule has 18 heavy (non-hydrogen) atoms. The Morgan fingerprint density at radius 3 is 2.56 bits per heavy atom. The molecule has 0 spiro atoms. The van der Waals surface area contributed by atoms with Crippen LogP contribution in [0, 0.1) is 11.8 Å². The molecule has 102 valence electrons. The lowest BCUT2D eigenvalue weighted by molar-refractivity contribution is 0.369. The van der Waals surface area contributed by atoms with Gasteiger partial charge in [0.2, 0.25) is 0 Å². The van der Waals surface area contributed by atoms with Crippen LogP contribution in [0.25, 0.3) is 0 Å². The molecule has 3 heteroatoms. The van der Waals surface area contributed by atoms with Crippen LogP contribution in [0.15, 0.2) is 5.38 Å². The Kier molecular flexibility index (Phi) is 4.12. The quantitative estimate of drug-likeness (QED) is 0.895. The second kappa shape index (κ2) is 5.30. The molecule has 0 saturated heterocycles. The van der Waals surface area contributed by atoms with E-state index < -0.39 is 0 Å². The average molecular weight is 266 g/mol. The minimum absolute atomic E-state index is 0.171. The highest BCUT2D eigenvalue weighted by Gasteiger charge is 2.29. The molecule has 2 rings (SSSR count). The summed E-state index contributed by atoms with van der Waals surface area (Å²) in [6.45, 7) is 12.3. The summed E-state index contributed by atoms with van der Waals surface area (Å²) in [6.07, 6.45) is 2.68. The molecular formula is C15H26N2S. The summed E-state index contributed by atoms with van der Waals surface area (Å²) in [5, 5.41) is 7.13. The van der Waals surface area contributed by atoms with E-state index >= 15 is 0 Å². The molecule has 1 saturated carbocycles. The summed E-state index contributed by atoms with van der Waals surface area (Å²) in [7, 11) is 0. The van der Waals surface area contributed by atoms with Gasteiger partial charge in [0.15, 0.2) is 0 Å². The summed E-state index contributed by atoms with van der Waals surface area (Å²) >= 11 is 1.79. The Labute approximate surface area is 115 Å². The van der Waals surface area contributed by atoms with E-state index in [0.717, 1.165) is 18.4 Å². The molecule has 0 aromatic carbocycles. The first kappa shape index (κ1) is 14.0. The Morgan fingerprint density at radius 2 is 2.06 bits per heavy atom. The Bertz CT molecular complexity index is 391. The number of hydrogen-bond donors (Lipinski definition) is 1. The van der Waals surface area contributed by atoms with Crippen molar-refractivity contribution >= 4 is 11.3 Å². The molecule has 1 aliphatic carbocycles. The van der Waals surface area contributed by atoms with Gasteiger partial charge in [-0.05, 0) is 24.7 Å². The van der Waals surface area contributed by atoms with Gasteiger partial charge in [0.1, 0.15) is 5.01 Å². The third-order valence-electron chi connectivity index (χ3n) is 4.30.